The first-order chi connectivity index (χ1) is 19.9. The molecule has 3 saturated carbocycles. The van der Waals surface area contributed by atoms with E-state index in [9.17, 15) is 19.5 Å². The second-order valence-electron chi connectivity index (χ2n) is 13.9. The average Bonchev–Trinajstić information content (AvgIpc) is 3.61. The first kappa shape index (κ1) is 31.3. The number of esters is 1. The molecule has 4 aliphatic rings. The van der Waals surface area contributed by atoms with E-state index in [4.69, 9.17) is 4.74 Å². The number of hydrogen-bond acceptors (Lipinski definition) is 7. The van der Waals surface area contributed by atoms with E-state index in [1.807, 2.05) is 37.3 Å². The Hall–Kier alpha value is -2.16. The number of rotatable bonds is 8. The summed E-state index contributed by atoms with van der Waals surface area (Å²) in [7, 11) is 0. The fourth-order valence-corrected chi connectivity index (χ4v) is 9.65. The van der Waals surface area contributed by atoms with Crippen molar-refractivity contribution >= 4 is 35.1 Å². The van der Waals surface area contributed by atoms with Crippen molar-refractivity contribution < 1.29 is 24.2 Å². The van der Waals surface area contributed by atoms with Crippen LogP contribution in [0, 0.1) is 34.0 Å². The number of carbonyl (C=O) groups is 3. The number of nitrogens with zero attached hydrogens (tertiary/aromatic N) is 1. The SMILES string of the molecule is C=C[C@]1(C)C[C@@H](OC(=O)CSc2ccccc2NC(=O)CN2CCCC2)[C@]2(C)[C@H](C)CC[C@]3(CCC(=O)[C@H]32)[C@@H](C)[C@@H]1O. The van der Waals surface area contributed by atoms with E-state index in [1.165, 1.54) is 11.8 Å². The molecule has 1 aromatic rings. The van der Waals surface area contributed by atoms with Gasteiger partial charge in [0, 0.05) is 28.1 Å². The lowest BCUT2D eigenvalue weighted by molar-refractivity contribution is -0.205. The predicted octanol–water partition coefficient (Wildman–Crippen LogP) is 5.72. The van der Waals surface area contributed by atoms with Gasteiger partial charge in [0.05, 0.1) is 24.1 Å². The molecule has 1 aromatic carbocycles. The molecule has 7 nitrogen and oxygen atoms in total. The Balaban J connectivity index is 1.35. The summed E-state index contributed by atoms with van der Waals surface area (Å²) in [4.78, 5) is 42.8. The van der Waals surface area contributed by atoms with Crippen LogP contribution in [0.5, 0.6) is 0 Å². The number of aliphatic hydroxyl groups excluding tert-OH is 1. The van der Waals surface area contributed by atoms with Crippen LogP contribution < -0.4 is 5.32 Å². The van der Waals surface area contributed by atoms with Crippen LogP contribution >= 0.6 is 11.8 Å². The summed E-state index contributed by atoms with van der Waals surface area (Å²) in [6.45, 7) is 14.8. The number of carbonyl (C=O) groups excluding carboxylic acids is 3. The summed E-state index contributed by atoms with van der Waals surface area (Å²) in [5, 5.41) is 14.7. The molecule has 0 radical (unpaired) electrons. The normalized spacial score (nSPS) is 38.3. The molecule has 2 bridgehead atoms. The first-order valence-corrected chi connectivity index (χ1v) is 16.7. The maximum absolute atomic E-state index is 13.6. The topological polar surface area (TPSA) is 95.9 Å². The highest BCUT2D eigenvalue weighted by molar-refractivity contribution is 8.00. The summed E-state index contributed by atoms with van der Waals surface area (Å²) in [6, 6.07) is 7.54. The van der Waals surface area contributed by atoms with Gasteiger partial charge in [-0.25, -0.2) is 0 Å². The summed E-state index contributed by atoms with van der Waals surface area (Å²) < 4.78 is 6.39. The van der Waals surface area contributed by atoms with Crippen molar-refractivity contribution in [1.29, 1.82) is 0 Å². The van der Waals surface area contributed by atoms with Crippen LogP contribution in [0.25, 0.3) is 0 Å². The Morgan fingerprint density at radius 3 is 2.62 bits per heavy atom. The molecule has 5 rings (SSSR count). The van der Waals surface area contributed by atoms with E-state index in [-0.39, 0.29) is 46.6 Å². The van der Waals surface area contributed by atoms with Gasteiger partial charge in [0.15, 0.2) is 0 Å². The molecule has 0 aromatic heterocycles. The van der Waals surface area contributed by atoms with Crippen molar-refractivity contribution in [2.45, 2.75) is 89.7 Å². The fraction of sp³-hybridized carbons (Fsp3) is 0.676. The maximum atomic E-state index is 13.6. The summed E-state index contributed by atoms with van der Waals surface area (Å²) in [6.07, 6.45) is 6.41. The van der Waals surface area contributed by atoms with Crippen molar-refractivity contribution in [2.24, 2.45) is 34.0 Å². The Bertz CT molecular complexity index is 1220. The molecule has 42 heavy (non-hydrogen) atoms. The summed E-state index contributed by atoms with van der Waals surface area (Å²) in [5.41, 5.74) is -0.803. The van der Waals surface area contributed by atoms with Crippen LogP contribution in [0.4, 0.5) is 5.69 Å². The highest BCUT2D eigenvalue weighted by atomic mass is 32.2. The minimum Gasteiger partial charge on any atom is -0.461 e. The maximum Gasteiger partial charge on any atom is 0.316 e. The van der Waals surface area contributed by atoms with Crippen molar-refractivity contribution in [3.8, 4) is 0 Å². The number of benzene rings is 1. The number of ketones is 1. The van der Waals surface area contributed by atoms with Crippen molar-refractivity contribution in [1.82, 2.24) is 4.90 Å². The van der Waals surface area contributed by atoms with Gasteiger partial charge in [0.25, 0.3) is 0 Å². The van der Waals surface area contributed by atoms with E-state index in [2.05, 4.69) is 37.6 Å². The Morgan fingerprint density at radius 2 is 1.90 bits per heavy atom. The molecule has 0 unspecified atom stereocenters. The van der Waals surface area contributed by atoms with Gasteiger partial charge in [-0.05, 0) is 81.0 Å². The van der Waals surface area contributed by atoms with Crippen molar-refractivity contribution in [2.75, 3.05) is 30.7 Å². The second-order valence-corrected chi connectivity index (χ2v) is 14.9. The molecule has 4 fully saturated rings. The number of aliphatic hydroxyl groups is 1. The van der Waals surface area contributed by atoms with E-state index >= 15 is 0 Å². The average molecular weight is 597 g/mol. The number of anilines is 1. The molecule has 3 aliphatic carbocycles. The number of hydrogen-bond donors (Lipinski definition) is 2. The van der Waals surface area contributed by atoms with Crippen LogP contribution in [0.3, 0.4) is 0 Å². The summed E-state index contributed by atoms with van der Waals surface area (Å²) >= 11 is 1.35. The van der Waals surface area contributed by atoms with Crippen LogP contribution in [0.2, 0.25) is 0 Å². The van der Waals surface area contributed by atoms with Gasteiger partial charge in [0.2, 0.25) is 5.91 Å². The molecule has 1 amide bonds. The lowest BCUT2D eigenvalue weighted by Gasteiger charge is -2.61. The Labute approximate surface area is 255 Å². The molecule has 1 aliphatic heterocycles. The molecule has 8 heteroatoms. The zero-order valence-electron chi connectivity index (χ0n) is 25.7. The monoisotopic (exact) mass is 596 g/mol. The Morgan fingerprint density at radius 1 is 1.19 bits per heavy atom. The van der Waals surface area contributed by atoms with Gasteiger partial charge in [-0.15, -0.1) is 18.3 Å². The molecular weight excluding hydrogens is 548 g/mol. The van der Waals surface area contributed by atoms with E-state index in [0.717, 1.165) is 50.1 Å². The zero-order valence-corrected chi connectivity index (χ0v) is 26.5. The number of para-hydroxylation sites is 1. The van der Waals surface area contributed by atoms with Gasteiger partial charge in [-0.1, -0.05) is 45.9 Å². The molecule has 1 heterocycles. The number of thioether (sulfide) groups is 1. The highest BCUT2D eigenvalue weighted by Gasteiger charge is 2.68. The minimum atomic E-state index is -0.687. The van der Waals surface area contributed by atoms with Crippen LogP contribution in [0.1, 0.15) is 72.6 Å². The van der Waals surface area contributed by atoms with Gasteiger partial charge in [-0.2, -0.15) is 0 Å². The summed E-state index contributed by atoms with van der Waals surface area (Å²) in [5.74, 6) is -0.202. The van der Waals surface area contributed by atoms with Crippen molar-refractivity contribution in [3.05, 3.63) is 36.9 Å². The first-order valence-electron chi connectivity index (χ1n) is 15.7. The lowest BCUT2D eigenvalue weighted by Crippen LogP contribution is -2.63. The predicted molar refractivity (Wildman–Crippen MR) is 166 cm³/mol. The lowest BCUT2D eigenvalue weighted by atomic mass is 9.44. The molecule has 230 valence electrons. The number of ether oxygens (including phenoxy) is 1. The third-order valence-electron chi connectivity index (χ3n) is 11.6. The van der Waals surface area contributed by atoms with Crippen LogP contribution in [-0.2, 0) is 19.1 Å². The van der Waals surface area contributed by atoms with E-state index < -0.39 is 23.0 Å². The molecule has 8 atom stereocenters. The molecule has 1 saturated heterocycles. The minimum absolute atomic E-state index is 0.0533. The Kier molecular flexibility index (Phi) is 9.00. The van der Waals surface area contributed by atoms with Crippen LogP contribution in [-0.4, -0.2) is 65.3 Å². The molecular formula is C34H48N2O5S. The van der Waals surface area contributed by atoms with Crippen LogP contribution in [0.15, 0.2) is 41.8 Å². The number of nitrogens with one attached hydrogen (secondary N) is 1. The van der Waals surface area contributed by atoms with Gasteiger partial charge in [0.1, 0.15) is 11.9 Å². The number of likely N-dealkylation sites (tertiary alicyclic amines) is 1. The number of Topliss-reactive ketones (excluding diaryl/α,β-unsaturated/α-hetero) is 1. The largest absolute Gasteiger partial charge is 0.461 e. The van der Waals surface area contributed by atoms with Crippen molar-refractivity contribution in [3.63, 3.8) is 0 Å². The fourth-order valence-electron chi connectivity index (χ4n) is 8.86. The highest BCUT2D eigenvalue weighted by Crippen LogP contribution is 2.68. The third kappa shape index (κ3) is 5.48. The van der Waals surface area contributed by atoms with Gasteiger partial charge >= 0.3 is 5.97 Å². The smallest absolute Gasteiger partial charge is 0.316 e. The quantitative estimate of drug-likeness (QED) is 0.225. The third-order valence-corrected chi connectivity index (χ3v) is 12.7. The standard InChI is InChI=1S/C34H48N2O5S/c1-6-32(4)19-27(33(5)22(2)13-15-34(23(3)31(32)40)16-14-25(37)30(33)34)41-29(39)21-42-26-12-8-7-11-24(26)35-28(38)20-36-17-9-10-18-36/h6-8,11-12,22-23,27,30-31,40H,1,9-10,13-21H2,2-5H3,(H,35,38)/t22-,23+,27-,30+,31+,32-,33+,34+/m1/s1. The molecule has 2 N–H and O–H groups in total. The number of amides is 1. The zero-order chi connectivity index (χ0) is 30.3. The van der Waals surface area contributed by atoms with Gasteiger partial charge in [-0.3, -0.25) is 19.3 Å². The van der Waals surface area contributed by atoms with E-state index in [0.29, 0.717) is 25.1 Å². The van der Waals surface area contributed by atoms with E-state index in [1.54, 1.807) is 0 Å². The molecule has 0 spiro atoms. The van der Waals surface area contributed by atoms with Gasteiger partial charge < -0.3 is 15.2 Å². The second kappa shape index (κ2) is 12.1.